The van der Waals surface area contributed by atoms with E-state index in [1.807, 2.05) is 0 Å². The van der Waals surface area contributed by atoms with Crippen LogP contribution in [0.2, 0.25) is 0 Å². The lowest BCUT2D eigenvalue weighted by atomic mass is 9.86. The average molecular weight is 949 g/mol. The monoisotopic (exact) mass is 948 g/mol. The predicted octanol–water partition coefficient (Wildman–Crippen LogP) is 15.7. The van der Waals surface area contributed by atoms with Crippen LogP contribution < -0.4 is 14.7 Å². The molecule has 0 saturated carbocycles. The molecule has 0 fully saturated rings. The van der Waals surface area contributed by atoms with Crippen molar-refractivity contribution in [3.8, 4) is 0 Å². The highest BCUT2D eigenvalue weighted by Gasteiger charge is 2.46. The molecule has 3 atom stereocenters. The van der Waals surface area contributed by atoms with Crippen molar-refractivity contribution in [3.63, 3.8) is 0 Å². The minimum absolute atomic E-state index is 0.494. The maximum Gasteiger partial charge on any atom is 0.0961 e. The second-order valence-corrected chi connectivity index (χ2v) is 22.3. The lowest BCUT2D eigenvalue weighted by Gasteiger charge is -2.53. The van der Waals surface area contributed by atoms with Crippen LogP contribution in [-0.2, 0) is 4.57 Å². The normalized spacial score (nSPS) is 15.0. The van der Waals surface area contributed by atoms with Crippen molar-refractivity contribution in [3.05, 3.63) is 0 Å². The first-order valence-electron chi connectivity index (χ1n) is 29.0. The Balaban J connectivity index is -0.000000407. The molecule has 0 saturated heterocycles. The maximum absolute atomic E-state index is 8.55. The van der Waals surface area contributed by atoms with Crippen molar-refractivity contribution in [1.29, 1.82) is 0 Å². The number of quaternary nitrogens is 3. The first kappa shape index (κ1) is 71.5. The fourth-order valence-electron chi connectivity index (χ4n) is 11.4. The molecule has 65 heavy (non-hydrogen) atoms. The van der Waals surface area contributed by atoms with Crippen LogP contribution in [0.25, 0.3) is 0 Å². The van der Waals surface area contributed by atoms with Crippen molar-refractivity contribution in [2.75, 3.05) is 58.9 Å². The smallest absolute Gasteiger partial charge is 0.0961 e. The van der Waals surface area contributed by atoms with Crippen LogP contribution in [0.3, 0.4) is 0 Å². The van der Waals surface area contributed by atoms with Crippen molar-refractivity contribution < 1.29 is 32.7 Å². The Morgan fingerprint density at radius 2 is 0.415 bits per heavy atom. The lowest BCUT2D eigenvalue weighted by Crippen LogP contribution is -2.64. The van der Waals surface area contributed by atoms with E-state index in [0.717, 1.165) is 0 Å². The Kier molecular flexibility index (Phi) is 45.9. The van der Waals surface area contributed by atoms with E-state index >= 15 is 0 Å². The second kappa shape index (κ2) is 41.7. The Labute approximate surface area is 412 Å². The van der Waals surface area contributed by atoms with Gasteiger partial charge in [-0.05, 0) is 97.8 Å². The van der Waals surface area contributed by atoms with Gasteiger partial charge >= 0.3 is 0 Å². The Hall–Kier alpha value is -0.0100. The SMILES string of the molecule is CCCC[N+](CCCC)(CCCC)C(C)(CC)CCC.CCCC[N+](CCCC)(CCCC)C(C)(CC)CCC.CCCC[N+](CCCC)(CCCC)C(C)(CC)CCC.O=P([O-])([O-])[O-]. The summed E-state index contributed by atoms with van der Waals surface area (Å²) < 4.78 is 12.7. The average Bonchev–Trinajstić information content (AvgIpc) is 3.28. The van der Waals surface area contributed by atoms with E-state index in [-0.39, 0.29) is 0 Å². The molecule has 0 aromatic carbocycles. The number of nitrogens with zero attached hydrogens (tertiary/aromatic N) is 3. The van der Waals surface area contributed by atoms with Crippen molar-refractivity contribution >= 4 is 7.82 Å². The standard InChI is InChI=1S/3C19H42N.H3O4P/c3*1-7-12-16-20(17-13-8-2,18-14-9-3)19(6,11-5)15-10-4;1-5(2,3)4/h3*7-18H2,1-6H3;(H3,1,2,3,4)/q3*+1;/p-3. The highest BCUT2D eigenvalue weighted by molar-refractivity contribution is 7.40. The fourth-order valence-corrected chi connectivity index (χ4v) is 11.4. The quantitative estimate of drug-likeness (QED) is 0.0454. The van der Waals surface area contributed by atoms with E-state index in [2.05, 4.69) is 125 Å². The minimum atomic E-state index is -5.39. The van der Waals surface area contributed by atoms with Crippen LogP contribution >= 0.6 is 7.82 Å². The highest BCUT2D eigenvalue weighted by Crippen LogP contribution is 2.38. The molecule has 0 rings (SSSR count). The fraction of sp³-hybridized carbons (Fsp3) is 1.00. The third-order valence-corrected chi connectivity index (χ3v) is 16.5. The summed E-state index contributed by atoms with van der Waals surface area (Å²) in [6.45, 7) is 55.8. The van der Waals surface area contributed by atoms with E-state index < -0.39 is 7.82 Å². The predicted molar refractivity (Wildman–Crippen MR) is 287 cm³/mol. The number of hydrogen-bond donors (Lipinski definition) is 0. The number of phosphoric acid groups is 1. The molecule has 0 amide bonds. The first-order chi connectivity index (χ1) is 30.7. The number of rotatable bonds is 39. The zero-order valence-corrected chi connectivity index (χ0v) is 49.3. The lowest BCUT2D eigenvalue weighted by molar-refractivity contribution is -0.976. The summed E-state index contributed by atoms with van der Waals surface area (Å²) in [6, 6.07) is 0. The molecule has 0 radical (unpaired) electrons. The largest absolute Gasteiger partial charge is 0.822 e. The van der Waals surface area contributed by atoms with Gasteiger partial charge in [0.1, 0.15) is 0 Å². The highest BCUT2D eigenvalue weighted by atomic mass is 31.2. The molecule has 0 bridgehead atoms. The van der Waals surface area contributed by atoms with E-state index in [1.54, 1.807) is 0 Å². The van der Waals surface area contributed by atoms with Crippen molar-refractivity contribution in [1.82, 2.24) is 0 Å². The molecular weight excluding hydrogens is 822 g/mol. The van der Waals surface area contributed by atoms with Gasteiger partial charge in [0.05, 0.1) is 75.5 Å². The molecule has 0 heterocycles. The molecule has 0 aliphatic heterocycles. The minimum Gasteiger partial charge on any atom is -0.822 e. The first-order valence-corrected chi connectivity index (χ1v) is 30.4. The molecule has 0 N–H and O–H groups in total. The van der Waals surface area contributed by atoms with Gasteiger partial charge in [0, 0.05) is 19.3 Å². The van der Waals surface area contributed by atoms with E-state index in [9.17, 15) is 0 Å². The van der Waals surface area contributed by atoms with Crippen LogP contribution in [0.1, 0.15) is 298 Å². The summed E-state index contributed by atoms with van der Waals surface area (Å²) in [6.07, 6.45) is 36.7. The molecule has 7 nitrogen and oxygen atoms in total. The van der Waals surface area contributed by atoms with Gasteiger partial charge in [-0.2, -0.15) is 7.82 Å². The Morgan fingerprint density at radius 3 is 0.492 bits per heavy atom. The number of unbranched alkanes of at least 4 members (excludes halogenated alkanes) is 9. The number of hydrogen-bond acceptors (Lipinski definition) is 4. The Morgan fingerprint density at radius 1 is 0.292 bits per heavy atom. The topological polar surface area (TPSA) is 86.2 Å². The molecule has 8 heteroatoms. The van der Waals surface area contributed by atoms with E-state index in [4.69, 9.17) is 19.2 Å². The molecule has 398 valence electrons. The molecule has 0 aromatic heterocycles. The summed E-state index contributed by atoms with van der Waals surface area (Å²) in [5, 5.41) is 0. The molecule has 3 unspecified atom stereocenters. The van der Waals surface area contributed by atoms with Gasteiger partial charge in [-0.1, -0.05) is 181 Å². The van der Waals surface area contributed by atoms with Crippen LogP contribution in [0.4, 0.5) is 0 Å². The van der Waals surface area contributed by atoms with Gasteiger partial charge < -0.3 is 32.7 Å². The van der Waals surface area contributed by atoms with Gasteiger partial charge in [-0.3, -0.25) is 0 Å². The third-order valence-electron chi connectivity index (χ3n) is 16.5. The van der Waals surface area contributed by atoms with E-state index in [0.29, 0.717) is 16.6 Å². The molecule has 0 aromatic rings. The summed E-state index contributed by atoms with van der Waals surface area (Å²) >= 11 is 0. The van der Waals surface area contributed by atoms with Gasteiger partial charge in [-0.25, -0.2) is 0 Å². The van der Waals surface area contributed by atoms with Gasteiger partial charge in [0.25, 0.3) is 0 Å². The van der Waals surface area contributed by atoms with Crippen molar-refractivity contribution in [2.45, 2.75) is 315 Å². The third kappa shape index (κ3) is 28.4. The van der Waals surface area contributed by atoms with Gasteiger partial charge in [-0.15, -0.1) is 0 Å². The summed E-state index contributed by atoms with van der Waals surface area (Å²) in [5.74, 6) is 0. The van der Waals surface area contributed by atoms with Crippen molar-refractivity contribution in [2.24, 2.45) is 0 Å². The second-order valence-electron chi connectivity index (χ2n) is 21.4. The summed E-state index contributed by atoms with van der Waals surface area (Å²) in [7, 11) is -5.39. The van der Waals surface area contributed by atoms with Gasteiger partial charge in [0.15, 0.2) is 0 Å². The van der Waals surface area contributed by atoms with Crippen LogP contribution in [-0.4, -0.2) is 89.0 Å². The zero-order chi connectivity index (χ0) is 51.0. The van der Waals surface area contributed by atoms with Gasteiger partial charge in [0.2, 0.25) is 0 Å². The molecule has 0 aliphatic rings. The molecular formula is C57H126N3O4P. The van der Waals surface area contributed by atoms with Crippen LogP contribution in [0.15, 0.2) is 0 Å². The zero-order valence-electron chi connectivity index (χ0n) is 48.4. The Bertz CT molecular complexity index is 883. The van der Waals surface area contributed by atoms with E-state index in [1.165, 1.54) is 246 Å². The molecule has 0 spiro atoms. The van der Waals surface area contributed by atoms with Crippen LogP contribution in [0, 0.1) is 0 Å². The maximum atomic E-state index is 8.55. The summed E-state index contributed by atoms with van der Waals surface area (Å²) in [4.78, 5) is 25.6. The molecule has 0 aliphatic carbocycles. The van der Waals surface area contributed by atoms with Crippen LogP contribution in [0.5, 0.6) is 0 Å². The summed E-state index contributed by atoms with van der Waals surface area (Å²) in [5.41, 5.74) is 1.48.